The van der Waals surface area contributed by atoms with E-state index in [0.29, 0.717) is 17.3 Å². The number of rotatable bonds is 7. The molecule has 228 valence electrons. The summed E-state index contributed by atoms with van der Waals surface area (Å²) in [6.45, 7) is 0. The van der Waals surface area contributed by atoms with Gasteiger partial charge in [-0.3, -0.25) is 4.98 Å². The fourth-order valence-electron chi connectivity index (χ4n) is 4.61. The predicted octanol–water partition coefficient (Wildman–Crippen LogP) is 10.8. The zero-order chi connectivity index (χ0) is 32.1. The van der Waals surface area contributed by atoms with Crippen molar-refractivity contribution in [2.24, 2.45) is 0 Å². The Balaban J connectivity index is 1.57. The summed E-state index contributed by atoms with van der Waals surface area (Å²) in [5.74, 6) is -28.4. The minimum atomic E-state index is -7.51. The van der Waals surface area contributed by atoms with E-state index in [2.05, 4.69) is 4.98 Å². The van der Waals surface area contributed by atoms with Gasteiger partial charge in [0.2, 0.25) is 0 Å². The molecule has 0 aliphatic carbocycles. The summed E-state index contributed by atoms with van der Waals surface area (Å²) >= 11 is 0. The van der Waals surface area contributed by atoms with Gasteiger partial charge in [0.1, 0.15) is 5.69 Å². The second-order valence-electron chi connectivity index (χ2n) is 9.96. The van der Waals surface area contributed by atoms with Crippen LogP contribution in [0.15, 0.2) is 109 Å². The third-order valence-electron chi connectivity index (χ3n) is 7.06. The number of halogens is 11. The van der Waals surface area contributed by atoms with E-state index in [4.69, 9.17) is 0 Å². The molecule has 4 aromatic carbocycles. The van der Waals surface area contributed by atoms with E-state index in [-0.39, 0.29) is 16.8 Å². The molecule has 0 spiro atoms. The average Bonchev–Trinajstić information content (AvgIpc) is 3.00. The maximum absolute atomic E-state index is 14.6. The normalized spacial score (nSPS) is 13.3. The maximum Gasteiger partial charge on any atom is 0.460 e. The monoisotopic (exact) mass is 625 g/mol. The Labute approximate surface area is 242 Å². The molecule has 0 saturated heterocycles. The molecule has 0 amide bonds. The lowest BCUT2D eigenvalue weighted by Crippen LogP contribution is -2.65. The topological polar surface area (TPSA) is 12.9 Å². The molecule has 44 heavy (non-hydrogen) atoms. The van der Waals surface area contributed by atoms with Crippen molar-refractivity contribution in [3.05, 3.63) is 115 Å². The highest BCUT2D eigenvalue weighted by molar-refractivity contribution is 5.89. The molecule has 0 N–H and O–H groups in total. The lowest BCUT2D eigenvalue weighted by atomic mass is 9.92. The van der Waals surface area contributed by atoms with Crippen LogP contribution < -0.4 is 0 Å². The van der Waals surface area contributed by atoms with Crippen LogP contribution in [-0.2, 0) is 5.92 Å². The van der Waals surface area contributed by atoms with Crippen molar-refractivity contribution in [2.75, 3.05) is 0 Å². The molecule has 5 rings (SSSR count). The van der Waals surface area contributed by atoms with Gasteiger partial charge in [0, 0.05) is 11.6 Å². The Bertz CT molecular complexity index is 1740. The molecule has 0 aliphatic rings. The molecule has 0 saturated carbocycles. The molecule has 12 heteroatoms. The lowest BCUT2D eigenvalue weighted by Gasteiger charge is -2.37. The third kappa shape index (κ3) is 5.05. The van der Waals surface area contributed by atoms with Crippen molar-refractivity contribution < 1.29 is 48.3 Å². The van der Waals surface area contributed by atoms with Crippen molar-refractivity contribution >= 4 is 10.8 Å². The first kappa shape index (κ1) is 31.0. The van der Waals surface area contributed by atoms with Gasteiger partial charge in [-0.2, -0.15) is 48.3 Å². The van der Waals surface area contributed by atoms with E-state index >= 15 is 0 Å². The molecule has 0 atom stereocenters. The van der Waals surface area contributed by atoms with E-state index in [9.17, 15) is 48.3 Å². The van der Waals surface area contributed by atoms with E-state index < -0.39 is 35.6 Å². The van der Waals surface area contributed by atoms with Crippen LogP contribution in [0.1, 0.15) is 5.69 Å². The number of pyridine rings is 1. The number of alkyl halides is 11. The summed E-state index contributed by atoms with van der Waals surface area (Å²) in [4.78, 5) is 3.08. The lowest BCUT2D eigenvalue weighted by molar-refractivity contribution is -0.425. The SMILES string of the molecule is FC(F)(F)C(F)(F)C(F)(F)C(F)(F)C(F)(F)c1cc2ccc(-c3cc(-c4ccccc4)cc(-c4ccccc4)c3)cc2cn1. The summed E-state index contributed by atoms with van der Waals surface area (Å²) in [5, 5.41) is -0.160. The van der Waals surface area contributed by atoms with Gasteiger partial charge in [-0.05, 0) is 69.1 Å². The number of benzene rings is 4. The van der Waals surface area contributed by atoms with Crippen LogP contribution in [-0.4, -0.2) is 28.9 Å². The first-order valence-electron chi connectivity index (χ1n) is 12.7. The highest BCUT2D eigenvalue weighted by Crippen LogP contribution is 2.59. The highest BCUT2D eigenvalue weighted by atomic mass is 19.4. The number of hydrogen-bond donors (Lipinski definition) is 0. The van der Waals surface area contributed by atoms with Crippen LogP contribution in [0.25, 0.3) is 44.2 Å². The fraction of sp³-hybridized carbons (Fsp3) is 0.156. The van der Waals surface area contributed by atoms with E-state index in [1.165, 1.54) is 18.2 Å². The summed E-state index contributed by atoms with van der Waals surface area (Å²) in [7, 11) is 0. The quantitative estimate of drug-likeness (QED) is 0.164. The van der Waals surface area contributed by atoms with Gasteiger partial charge in [-0.15, -0.1) is 0 Å². The largest absolute Gasteiger partial charge is 0.460 e. The molecule has 0 unspecified atom stereocenters. The van der Waals surface area contributed by atoms with E-state index in [1.54, 1.807) is 0 Å². The number of fused-ring (bicyclic) bond motifs is 1. The van der Waals surface area contributed by atoms with Gasteiger partial charge in [-0.1, -0.05) is 72.8 Å². The van der Waals surface area contributed by atoms with Crippen LogP contribution >= 0.6 is 0 Å². The molecule has 5 aromatic rings. The predicted molar refractivity (Wildman–Crippen MR) is 143 cm³/mol. The molecule has 1 nitrogen and oxygen atoms in total. The zero-order valence-corrected chi connectivity index (χ0v) is 22.0. The molecule has 1 aromatic heterocycles. The zero-order valence-electron chi connectivity index (χ0n) is 22.0. The summed E-state index contributed by atoms with van der Waals surface area (Å²) in [6.07, 6.45) is -6.61. The molecule has 0 fully saturated rings. The molecule has 0 bridgehead atoms. The van der Waals surface area contributed by atoms with Crippen LogP contribution in [0.5, 0.6) is 0 Å². The summed E-state index contributed by atoms with van der Waals surface area (Å²) < 4.78 is 149. The third-order valence-corrected chi connectivity index (χ3v) is 7.06. The summed E-state index contributed by atoms with van der Waals surface area (Å²) in [5.41, 5.74) is 2.49. The van der Waals surface area contributed by atoms with Crippen molar-refractivity contribution in [1.29, 1.82) is 0 Å². The van der Waals surface area contributed by atoms with Crippen molar-refractivity contribution in [3.8, 4) is 33.4 Å². The minimum absolute atomic E-state index is 0.0733. The molecular formula is C32H18F11N. The molecule has 0 aliphatic heterocycles. The van der Waals surface area contributed by atoms with Crippen LogP contribution in [0, 0.1) is 0 Å². The number of aromatic nitrogens is 1. The van der Waals surface area contributed by atoms with Crippen LogP contribution in [0.3, 0.4) is 0 Å². The van der Waals surface area contributed by atoms with Crippen molar-refractivity contribution in [2.45, 2.75) is 29.9 Å². The number of nitrogens with zero attached hydrogens (tertiary/aromatic N) is 1. The standard InChI is InChI=1S/C32H18F11N/c33-28(34,29(35,36)30(37,38)31(39,40)32(41,42)43)27-17-22-12-11-21(13-26(22)18-44-27)25-15-23(19-7-3-1-4-8-19)14-24(16-25)20-9-5-2-6-10-20/h1-18H. The Kier molecular flexibility index (Phi) is 7.46. The Morgan fingerprint density at radius 1 is 0.386 bits per heavy atom. The first-order chi connectivity index (χ1) is 20.5. The van der Waals surface area contributed by atoms with Gasteiger partial charge in [-0.25, -0.2) is 0 Å². The first-order valence-corrected chi connectivity index (χ1v) is 12.7. The Hall–Kier alpha value is -4.48. The van der Waals surface area contributed by atoms with Gasteiger partial charge in [0.15, 0.2) is 0 Å². The van der Waals surface area contributed by atoms with Crippen LogP contribution in [0.2, 0.25) is 0 Å². The van der Waals surface area contributed by atoms with E-state index in [1.807, 2.05) is 78.9 Å². The van der Waals surface area contributed by atoms with Gasteiger partial charge in [0.05, 0.1) is 0 Å². The minimum Gasteiger partial charge on any atom is -0.254 e. The molecule has 0 radical (unpaired) electrons. The maximum atomic E-state index is 14.6. The average molecular weight is 625 g/mol. The number of hydrogen-bond acceptors (Lipinski definition) is 1. The smallest absolute Gasteiger partial charge is 0.254 e. The second kappa shape index (κ2) is 10.6. The Morgan fingerprint density at radius 3 is 1.34 bits per heavy atom. The molecular weight excluding hydrogens is 607 g/mol. The van der Waals surface area contributed by atoms with Crippen LogP contribution in [0.4, 0.5) is 48.3 Å². The Morgan fingerprint density at radius 2 is 0.864 bits per heavy atom. The second-order valence-corrected chi connectivity index (χ2v) is 9.96. The highest BCUT2D eigenvalue weighted by Gasteiger charge is 2.87. The fourth-order valence-corrected chi connectivity index (χ4v) is 4.61. The van der Waals surface area contributed by atoms with Crippen molar-refractivity contribution in [1.82, 2.24) is 4.98 Å². The van der Waals surface area contributed by atoms with Crippen molar-refractivity contribution in [3.63, 3.8) is 0 Å². The van der Waals surface area contributed by atoms with Gasteiger partial charge < -0.3 is 0 Å². The summed E-state index contributed by atoms with van der Waals surface area (Å²) in [6, 6.07) is 28.6. The molecule has 1 heterocycles. The van der Waals surface area contributed by atoms with Gasteiger partial charge in [0.25, 0.3) is 0 Å². The van der Waals surface area contributed by atoms with E-state index in [0.717, 1.165) is 22.3 Å². The van der Waals surface area contributed by atoms with Gasteiger partial charge >= 0.3 is 29.9 Å².